The van der Waals surface area contributed by atoms with Crippen molar-refractivity contribution in [2.75, 3.05) is 0 Å². The van der Waals surface area contributed by atoms with Gasteiger partial charge in [0.2, 0.25) is 0 Å². The van der Waals surface area contributed by atoms with E-state index in [2.05, 4.69) is 15.4 Å². The van der Waals surface area contributed by atoms with Gasteiger partial charge in [0, 0.05) is 0 Å². The molecule has 44 valence electrons. The Morgan fingerprint density at radius 2 is 2.38 bits per heavy atom. The molecule has 0 aliphatic carbocycles. The number of rotatable bonds is 1. The van der Waals surface area contributed by atoms with E-state index in [9.17, 15) is 8.42 Å². The largest absolute Gasteiger partial charge is 0.264 e. The normalized spacial score (nSPS) is 10.1. The Morgan fingerprint density at radius 3 is 2.62 bits per heavy atom. The minimum Gasteiger partial charge on any atom is -0.264 e. The highest BCUT2D eigenvalue weighted by Gasteiger charge is 1.92. The summed E-state index contributed by atoms with van der Waals surface area (Å²) >= 11 is 0. The molecule has 1 N–H and O–H groups in total. The van der Waals surface area contributed by atoms with Crippen molar-refractivity contribution in [1.29, 1.82) is 0 Å². The highest BCUT2D eigenvalue weighted by Crippen LogP contribution is 1.85. The van der Waals surface area contributed by atoms with Gasteiger partial charge in [-0.15, -0.1) is 5.10 Å². The van der Waals surface area contributed by atoms with Crippen LogP contribution < -0.4 is 0 Å². The van der Waals surface area contributed by atoms with E-state index in [1.807, 2.05) is 0 Å². The lowest BCUT2D eigenvalue weighted by Crippen LogP contribution is -1.77. The van der Waals surface area contributed by atoms with E-state index in [1.54, 1.807) is 0 Å². The van der Waals surface area contributed by atoms with Crippen LogP contribution in [0.25, 0.3) is 0 Å². The van der Waals surface area contributed by atoms with Crippen LogP contribution in [0.15, 0.2) is 11.2 Å². The van der Waals surface area contributed by atoms with E-state index in [1.165, 1.54) is 6.20 Å². The number of aromatic amines is 1. The Kier molecular flexibility index (Phi) is 1.25. The molecular formula is C2H3N3O2S. The second-order valence-corrected chi connectivity index (χ2v) is 2.06. The van der Waals surface area contributed by atoms with Gasteiger partial charge in [-0.3, -0.25) is 5.10 Å². The van der Waals surface area contributed by atoms with Crippen LogP contribution >= 0.6 is 0 Å². The summed E-state index contributed by atoms with van der Waals surface area (Å²) in [5.41, 5.74) is 0. The van der Waals surface area contributed by atoms with Crippen molar-refractivity contribution in [1.82, 2.24) is 15.4 Å². The van der Waals surface area contributed by atoms with E-state index in [0.29, 0.717) is 0 Å². The van der Waals surface area contributed by atoms with E-state index in [-0.39, 0.29) is 5.03 Å². The first-order valence-electron chi connectivity index (χ1n) is 1.81. The SMILES string of the molecule is O=[SH](=O)c1c[nH]nn1. The predicted molar refractivity (Wildman–Crippen MR) is 25.0 cm³/mol. The van der Waals surface area contributed by atoms with E-state index in [0.717, 1.165) is 0 Å². The highest BCUT2D eigenvalue weighted by atomic mass is 32.2. The zero-order valence-corrected chi connectivity index (χ0v) is 4.63. The van der Waals surface area contributed by atoms with Crippen molar-refractivity contribution in [3.05, 3.63) is 6.20 Å². The Balaban J connectivity index is 3.11. The van der Waals surface area contributed by atoms with Gasteiger partial charge < -0.3 is 0 Å². The van der Waals surface area contributed by atoms with Crippen LogP contribution in [-0.4, -0.2) is 23.8 Å². The zero-order chi connectivity index (χ0) is 5.98. The van der Waals surface area contributed by atoms with Crippen LogP contribution in [0.1, 0.15) is 0 Å². The smallest absolute Gasteiger partial charge is 0.194 e. The monoisotopic (exact) mass is 133 g/mol. The van der Waals surface area contributed by atoms with Crippen LogP contribution in [0.3, 0.4) is 0 Å². The van der Waals surface area contributed by atoms with Gasteiger partial charge in [-0.2, -0.15) is 0 Å². The van der Waals surface area contributed by atoms with Crippen molar-refractivity contribution in [3.63, 3.8) is 0 Å². The molecule has 0 bridgehead atoms. The lowest BCUT2D eigenvalue weighted by molar-refractivity contribution is 0.611. The fraction of sp³-hybridized carbons (Fsp3) is 0. The third kappa shape index (κ3) is 0.836. The van der Waals surface area contributed by atoms with Crippen LogP contribution in [0.4, 0.5) is 0 Å². The average molecular weight is 133 g/mol. The summed E-state index contributed by atoms with van der Waals surface area (Å²) in [6.07, 6.45) is 1.21. The number of thiol groups is 1. The molecular weight excluding hydrogens is 130 g/mol. The average Bonchev–Trinajstić information content (AvgIpc) is 2.12. The summed E-state index contributed by atoms with van der Waals surface area (Å²) in [6.45, 7) is 0. The Bertz CT molecular complexity index is 217. The minimum atomic E-state index is -2.56. The van der Waals surface area contributed by atoms with Gasteiger partial charge in [-0.1, -0.05) is 5.21 Å². The molecule has 0 atom stereocenters. The Labute approximate surface area is 46.7 Å². The molecule has 6 heteroatoms. The minimum absolute atomic E-state index is 0.0278. The number of hydrogen-bond donors (Lipinski definition) is 2. The van der Waals surface area contributed by atoms with Crippen molar-refractivity contribution in [2.24, 2.45) is 0 Å². The summed E-state index contributed by atoms with van der Waals surface area (Å²) in [5, 5.41) is 8.64. The summed E-state index contributed by atoms with van der Waals surface area (Å²) in [4.78, 5) is 0. The van der Waals surface area contributed by atoms with Crippen LogP contribution in [0, 0.1) is 0 Å². The molecule has 0 spiro atoms. The molecule has 1 aromatic heterocycles. The van der Waals surface area contributed by atoms with E-state index < -0.39 is 10.7 Å². The quantitative estimate of drug-likeness (QED) is 0.470. The summed E-state index contributed by atoms with van der Waals surface area (Å²) in [5.74, 6) is 0. The fourth-order valence-corrected chi connectivity index (χ4v) is 0.566. The molecule has 0 radical (unpaired) electrons. The third-order valence-electron chi connectivity index (χ3n) is 0.591. The first kappa shape index (κ1) is 5.23. The van der Waals surface area contributed by atoms with Gasteiger partial charge in [0.05, 0.1) is 6.20 Å². The summed E-state index contributed by atoms with van der Waals surface area (Å²) in [7, 11) is -2.56. The molecule has 8 heavy (non-hydrogen) atoms. The molecule has 0 fully saturated rings. The second-order valence-electron chi connectivity index (χ2n) is 1.09. The first-order chi connectivity index (χ1) is 3.80. The van der Waals surface area contributed by atoms with Gasteiger partial charge in [-0.05, 0) is 0 Å². The van der Waals surface area contributed by atoms with Crippen LogP contribution in [-0.2, 0) is 10.7 Å². The van der Waals surface area contributed by atoms with E-state index in [4.69, 9.17) is 0 Å². The zero-order valence-electron chi connectivity index (χ0n) is 3.74. The molecule has 0 saturated heterocycles. The van der Waals surface area contributed by atoms with Crippen molar-refractivity contribution in [3.8, 4) is 0 Å². The first-order valence-corrected chi connectivity index (χ1v) is 2.99. The molecule has 1 aromatic rings. The lowest BCUT2D eigenvalue weighted by atomic mass is 11.0. The topological polar surface area (TPSA) is 75.7 Å². The molecule has 1 rings (SSSR count). The predicted octanol–water partition coefficient (Wildman–Crippen LogP) is -1.23. The fourth-order valence-electron chi connectivity index (χ4n) is 0.285. The van der Waals surface area contributed by atoms with Crippen molar-refractivity contribution >= 4 is 10.7 Å². The molecule has 0 aliphatic heterocycles. The van der Waals surface area contributed by atoms with Crippen molar-refractivity contribution < 1.29 is 8.42 Å². The molecule has 1 heterocycles. The number of nitrogens with zero attached hydrogens (tertiary/aromatic N) is 2. The van der Waals surface area contributed by atoms with Gasteiger partial charge in [-0.25, -0.2) is 8.42 Å². The maximum Gasteiger partial charge on any atom is 0.194 e. The standard InChI is InChI=1S/C2H3N3O2S/c6-8(7)2-1-3-5-4-2/h1,8H,(H,3,4,5). The third-order valence-corrected chi connectivity index (χ3v) is 1.18. The van der Waals surface area contributed by atoms with Gasteiger partial charge in [0.1, 0.15) is 0 Å². The molecule has 5 nitrogen and oxygen atoms in total. The molecule has 0 amide bonds. The van der Waals surface area contributed by atoms with Crippen molar-refractivity contribution in [2.45, 2.75) is 5.03 Å². The Morgan fingerprint density at radius 1 is 1.62 bits per heavy atom. The molecule has 0 saturated carbocycles. The van der Waals surface area contributed by atoms with Gasteiger partial charge in [0.25, 0.3) is 0 Å². The van der Waals surface area contributed by atoms with Gasteiger partial charge >= 0.3 is 0 Å². The molecule has 0 unspecified atom stereocenters. The highest BCUT2D eigenvalue weighted by molar-refractivity contribution is 7.72. The second kappa shape index (κ2) is 1.91. The van der Waals surface area contributed by atoms with Crippen LogP contribution in [0.2, 0.25) is 0 Å². The molecule has 0 aromatic carbocycles. The summed E-state index contributed by atoms with van der Waals surface area (Å²) < 4.78 is 20.0. The lowest BCUT2D eigenvalue weighted by Gasteiger charge is -1.66. The number of H-pyrrole nitrogens is 1. The summed E-state index contributed by atoms with van der Waals surface area (Å²) in [6, 6.07) is 0. The molecule has 0 aliphatic rings. The number of aromatic nitrogens is 3. The van der Waals surface area contributed by atoms with E-state index >= 15 is 0 Å². The van der Waals surface area contributed by atoms with Crippen LogP contribution in [0.5, 0.6) is 0 Å². The maximum atomic E-state index is 9.98. The van der Waals surface area contributed by atoms with Gasteiger partial charge in [0.15, 0.2) is 15.7 Å². The number of hydrogen-bond acceptors (Lipinski definition) is 4. The maximum absolute atomic E-state index is 9.98. The Hall–Kier alpha value is -0.910. The number of nitrogens with one attached hydrogen (secondary N) is 1.